The molecule has 0 saturated carbocycles. The zero-order valence-electron chi connectivity index (χ0n) is 13.9. The smallest absolute Gasteiger partial charge is 0.231 e. The molecule has 11 nitrogen and oxygen atoms in total. The van der Waals surface area contributed by atoms with Crippen LogP contribution in [0.1, 0.15) is 12.1 Å². The summed E-state index contributed by atoms with van der Waals surface area (Å²) in [7, 11) is 1.67. The molecule has 136 valence electrons. The number of nitrogens with two attached hydrogens (primary N) is 2. The molecule has 1 amide bonds. The SMILES string of the molecule is Cc1nc2c(N)ncnc2n1[C@@H]1O[C@H](CN(C)CC(N)=O)[C@@H](O)[C@H]1O. The van der Waals surface area contributed by atoms with Crippen molar-refractivity contribution in [3.05, 3.63) is 12.2 Å². The Labute approximate surface area is 143 Å². The highest BCUT2D eigenvalue weighted by Crippen LogP contribution is 2.33. The number of aromatic nitrogens is 4. The molecule has 0 unspecified atom stereocenters. The molecule has 1 aliphatic rings. The van der Waals surface area contributed by atoms with Crippen LogP contribution in [-0.2, 0) is 9.53 Å². The summed E-state index contributed by atoms with van der Waals surface area (Å²) in [6, 6.07) is 0. The van der Waals surface area contributed by atoms with Gasteiger partial charge in [-0.3, -0.25) is 14.3 Å². The van der Waals surface area contributed by atoms with Crippen LogP contribution in [-0.4, -0.2) is 79.0 Å². The van der Waals surface area contributed by atoms with Gasteiger partial charge in [0.15, 0.2) is 23.2 Å². The summed E-state index contributed by atoms with van der Waals surface area (Å²) in [5.41, 5.74) is 11.8. The molecule has 1 aliphatic heterocycles. The topological polar surface area (TPSA) is 166 Å². The van der Waals surface area contributed by atoms with Crippen LogP contribution >= 0.6 is 0 Å². The number of rotatable bonds is 5. The number of nitrogens with zero attached hydrogens (tertiary/aromatic N) is 5. The van der Waals surface area contributed by atoms with Crippen molar-refractivity contribution in [2.75, 3.05) is 25.9 Å². The van der Waals surface area contributed by atoms with Crippen LogP contribution < -0.4 is 11.5 Å². The number of hydrogen-bond acceptors (Lipinski definition) is 9. The van der Waals surface area contributed by atoms with Gasteiger partial charge in [-0.1, -0.05) is 0 Å². The Morgan fingerprint density at radius 3 is 2.80 bits per heavy atom. The first-order valence-corrected chi connectivity index (χ1v) is 7.73. The van der Waals surface area contributed by atoms with E-state index in [0.717, 1.165) is 0 Å². The molecule has 3 heterocycles. The molecule has 6 N–H and O–H groups in total. The van der Waals surface area contributed by atoms with Crippen LogP contribution in [0.4, 0.5) is 5.82 Å². The van der Waals surface area contributed by atoms with Crippen molar-refractivity contribution in [3.8, 4) is 0 Å². The number of ether oxygens (including phenoxy) is 1. The first-order valence-electron chi connectivity index (χ1n) is 7.73. The number of anilines is 1. The van der Waals surface area contributed by atoms with Crippen molar-refractivity contribution in [1.82, 2.24) is 24.4 Å². The zero-order valence-corrected chi connectivity index (χ0v) is 13.9. The number of imidazole rings is 1. The molecule has 0 spiro atoms. The van der Waals surface area contributed by atoms with Gasteiger partial charge in [0.05, 0.1) is 6.54 Å². The molecule has 2 aromatic rings. The Morgan fingerprint density at radius 2 is 2.12 bits per heavy atom. The maximum absolute atomic E-state index is 11.0. The average Bonchev–Trinajstić information content (AvgIpc) is 2.99. The Balaban J connectivity index is 1.88. The fraction of sp³-hybridized carbons (Fsp3) is 0.571. The number of hydrogen-bond donors (Lipinski definition) is 4. The molecule has 25 heavy (non-hydrogen) atoms. The lowest BCUT2D eigenvalue weighted by atomic mass is 10.1. The quantitative estimate of drug-likeness (QED) is 0.465. The molecule has 1 saturated heterocycles. The van der Waals surface area contributed by atoms with Crippen LogP contribution in [0.25, 0.3) is 11.2 Å². The third-order valence-electron chi connectivity index (χ3n) is 4.19. The number of aliphatic hydroxyl groups excluding tert-OH is 2. The van der Waals surface area contributed by atoms with Gasteiger partial charge in [-0.2, -0.15) is 0 Å². The predicted molar refractivity (Wildman–Crippen MR) is 87.1 cm³/mol. The van der Waals surface area contributed by atoms with Gasteiger partial charge >= 0.3 is 0 Å². The van der Waals surface area contributed by atoms with Crippen LogP contribution in [0.2, 0.25) is 0 Å². The standard InChI is InChI=1S/C14H21N7O4/c1-6-19-9-12(16)17-5-18-13(9)21(6)14-11(24)10(23)7(25-14)3-20(2)4-8(15)22/h5,7,10-11,14,23-24H,3-4H2,1-2H3,(H2,15,22)(H2,16,17,18)/t7-,10-,11-,14-/m1/s1. The highest BCUT2D eigenvalue weighted by molar-refractivity contribution is 5.81. The minimum atomic E-state index is -1.20. The van der Waals surface area contributed by atoms with Crippen molar-refractivity contribution >= 4 is 22.9 Å². The summed E-state index contributed by atoms with van der Waals surface area (Å²) in [4.78, 5) is 25.0. The van der Waals surface area contributed by atoms with Gasteiger partial charge in [0, 0.05) is 6.54 Å². The number of carbonyl (C=O) groups is 1. The van der Waals surface area contributed by atoms with E-state index in [9.17, 15) is 15.0 Å². The third kappa shape index (κ3) is 3.14. The molecular formula is C14H21N7O4. The number of nitrogen functional groups attached to an aromatic ring is 1. The van der Waals surface area contributed by atoms with Gasteiger partial charge in [-0.25, -0.2) is 15.0 Å². The highest BCUT2D eigenvalue weighted by atomic mass is 16.6. The fourth-order valence-electron chi connectivity index (χ4n) is 3.07. The minimum Gasteiger partial charge on any atom is -0.387 e. The predicted octanol–water partition coefficient (Wildman–Crippen LogP) is -2.25. The lowest BCUT2D eigenvalue weighted by Crippen LogP contribution is -2.41. The minimum absolute atomic E-state index is 0.0180. The maximum Gasteiger partial charge on any atom is 0.231 e. The summed E-state index contributed by atoms with van der Waals surface area (Å²) in [5.74, 6) is 0.248. The highest BCUT2D eigenvalue weighted by Gasteiger charge is 2.45. The van der Waals surface area contributed by atoms with Crippen LogP contribution in [0.3, 0.4) is 0 Å². The number of carbonyl (C=O) groups excluding carboxylic acids is 1. The Kier molecular flexibility index (Phi) is 4.56. The Morgan fingerprint density at radius 1 is 1.40 bits per heavy atom. The van der Waals surface area contributed by atoms with E-state index in [4.69, 9.17) is 16.2 Å². The summed E-state index contributed by atoms with van der Waals surface area (Å²) < 4.78 is 7.42. The maximum atomic E-state index is 11.0. The lowest BCUT2D eigenvalue weighted by molar-refractivity contribution is -0.119. The Bertz CT molecular complexity index is 795. The van der Waals surface area contributed by atoms with Crippen molar-refractivity contribution in [1.29, 1.82) is 0 Å². The molecule has 0 aromatic carbocycles. The number of aryl methyl sites for hydroxylation is 1. The van der Waals surface area contributed by atoms with E-state index >= 15 is 0 Å². The number of amides is 1. The Hall–Kier alpha value is -2.34. The summed E-state index contributed by atoms with van der Waals surface area (Å²) in [5, 5.41) is 20.8. The number of fused-ring (bicyclic) bond motifs is 1. The van der Waals surface area contributed by atoms with Gasteiger partial charge in [0.1, 0.15) is 30.5 Å². The van der Waals surface area contributed by atoms with E-state index < -0.39 is 30.4 Å². The summed E-state index contributed by atoms with van der Waals surface area (Å²) in [6.07, 6.45) is -2.64. The molecule has 1 fully saturated rings. The molecule has 11 heteroatoms. The first kappa shape index (κ1) is 17.5. The van der Waals surface area contributed by atoms with E-state index in [1.807, 2.05) is 0 Å². The number of likely N-dealkylation sites (N-methyl/N-ethyl adjacent to an activating group) is 1. The molecule has 0 bridgehead atoms. The van der Waals surface area contributed by atoms with E-state index in [-0.39, 0.29) is 18.9 Å². The summed E-state index contributed by atoms with van der Waals surface area (Å²) >= 11 is 0. The first-order chi connectivity index (χ1) is 11.8. The normalized spacial score (nSPS) is 26.6. The van der Waals surface area contributed by atoms with Crippen molar-refractivity contribution in [2.45, 2.75) is 31.5 Å². The molecule has 0 aliphatic carbocycles. The van der Waals surface area contributed by atoms with Gasteiger partial charge in [-0.15, -0.1) is 0 Å². The number of primary amides is 1. The second kappa shape index (κ2) is 6.52. The van der Waals surface area contributed by atoms with E-state index in [0.29, 0.717) is 17.0 Å². The third-order valence-corrected chi connectivity index (χ3v) is 4.19. The summed E-state index contributed by atoms with van der Waals surface area (Å²) in [6.45, 7) is 1.96. The van der Waals surface area contributed by atoms with E-state index in [1.165, 1.54) is 6.33 Å². The van der Waals surface area contributed by atoms with Crippen LogP contribution in [0.5, 0.6) is 0 Å². The van der Waals surface area contributed by atoms with Crippen molar-refractivity contribution in [3.63, 3.8) is 0 Å². The van der Waals surface area contributed by atoms with E-state index in [1.54, 1.807) is 23.4 Å². The fourth-order valence-corrected chi connectivity index (χ4v) is 3.07. The molecule has 0 radical (unpaired) electrons. The average molecular weight is 351 g/mol. The lowest BCUT2D eigenvalue weighted by Gasteiger charge is -2.21. The van der Waals surface area contributed by atoms with Crippen molar-refractivity contribution in [2.24, 2.45) is 5.73 Å². The van der Waals surface area contributed by atoms with E-state index in [2.05, 4.69) is 15.0 Å². The van der Waals surface area contributed by atoms with Crippen LogP contribution in [0, 0.1) is 6.92 Å². The second-order valence-electron chi connectivity index (χ2n) is 6.17. The molecule has 3 rings (SSSR count). The molecule has 2 aromatic heterocycles. The van der Waals surface area contributed by atoms with Gasteiger partial charge in [-0.05, 0) is 14.0 Å². The zero-order chi connectivity index (χ0) is 18.3. The molecule has 4 atom stereocenters. The van der Waals surface area contributed by atoms with Gasteiger partial charge < -0.3 is 26.4 Å². The largest absolute Gasteiger partial charge is 0.387 e. The second-order valence-corrected chi connectivity index (χ2v) is 6.17. The van der Waals surface area contributed by atoms with Gasteiger partial charge in [0.2, 0.25) is 5.91 Å². The number of aliphatic hydroxyl groups is 2. The van der Waals surface area contributed by atoms with Gasteiger partial charge in [0.25, 0.3) is 0 Å². The monoisotopic (exact) mass is 351 g/mol. The van der Waals surface area contributed by atoms with Crippen LogP contribution in [0.15, 0.2) is 6.33 Å². The van der Waals surface area contributed by atoms with Crippen molar-refractivity contribution < 1.29 is 19.7 Å². The molecular weight excluding hydrogens is 330 g/mol.